The van der Waals surface area contributed by atoms with Crippen LogP contribution in [0.4, 0.5) is 0 Å². The number of rotatable bonds is 4. The van der Waals surface area contributed by atoms with Crippen LogP contribution in [-0.4, -0.2) is 15.2 Å². The zero-order valence-corrected chi connectivity index (χ0v) is 7.28. The Hall–Kier alpha value is -0.360. The summed E-state index contributed by atoms with van der Waals surface area (Å²) in [6.07, 6.45) is 1.34. The van der Waals surface area contributed by atoms with Crippen molar-refractivity contribution < 1.29 is 4.21 Å². The lowest BCUT2D eigenvalue weighted by molar-refractivity contribution is 0.670. The lowest BCUT2D eigenvalue weighted by atomic mass is 10.4. The second-order valence-electron chi connectivity index (χ2n) is 2.21. The van der Waals surface area contributed by atoms with Gasteiger partial charge in [0, 0.05) is 28.2 Å². The molecule has 0 saturated carbocycles. The van der Waals surface area contributed by atoms with Crippen molar-refractivity contribution in [3.63, 3.8) is 0 Å². The first-order chi connectivity index (χ1) is 4.72. The fourth-order valence-corrected chi connectivity index (χ4v) is 1.60. The summed E-state index contributed by atoms with van der Waals surface area (Å²) in [7, 11) is -0.787. The van der Waals surface area contributed by atoms with E-state index in [1.807, 2.05) is 19.9 Å². The van der Waals surface area contributed by atoms with Crippen molar-refractivity contribution in [2.45, 2.75) is 31.9 Å². The summed E-state index contributed by atoms with van der Waals surface area (Å²) < 4.78 is 11.1. The van der Waals surface area contributed by atoms with Crippen LogP contribution in [-0.2, 0) is 10.8 Å². The van der Waals surface area contributed by atoms with Gasteiger partial charge < -0.3 is 0 Å². The molecule has 0 saturated heterocycles. The van der Waals surface area contributed by atoms with Gasteiger partial charge in [-0.2, -0.15) is 5.26 Å². The maximum Gasteiger partial charge on any atom is 0.0631 e. The lowest BCUT2D eigenvalue weighted by Gasteiger charge is -2.04. The van der Waals surface area contributed by atoms with E-state index in [9.17, 15) is 4.21 Å². The Kier molecular flexibility index (Phi) is 5.23. The second kappa shape index (κ2) is 5.43. The number of nitrogens with zero attached hydrogens (tertiary/aromatic N) is 1. The molecule has 0 fully saturated rings. The highest BCUT2D eigenvalue weighted by Crippen LogP contribution is 2.01. The monoisotopic (exact) mass is 159 g/mol. The van der Waals surface area contributed by atoms with Gasteiger partial charge in [0.25, 0.3) is 0 Å². The zero-order valence-electron chi connectivity index (χ0n) is 6.46. The van der Waals surface area contributed by atoms with E-state index >= 15 is 0 Å². The third kappa shape index (κ3) is 3.62. The molecule has 0 rings (SSSR count). The Labute approximate surface area is 64.7 Å². The smallest absolute Gasteiger partial charge is 0.0631 e. The predicted octanol–water partition coefficient (Wildman–Crippen LogP) is 1.45. The van der Waals surface area contributed by atoms with Crippen molar-refractivity contribution in [1.82, 2.24) is 0 Å². The van der Waals surface area contributed by atoms with Gasteiger partial charge in [-0.1, -0.05) is 13.8 Å². The molecule has 0 bridgehead atoms. The van der Waals surface area contributed by atoms with Crippen molar-refractivity contribution in [2.75, 3.05) is 5.75 Å². The van der Waals surface area contributed by atoms with Crippen LogP contribution in [0.25, 0.3) is 0 Å². The van der Waals surface area contributed by atoms with E-state index in [0.717, 1.165) is 6.42 Å². The molecule has 2 nitrogen and oxygen atoms in total. The van der Waals surface area contributed by atoms with Crippen molar-refractivity contribution in [1.29, 1.82) is 5.26 Å². The van der Waals surface area contributed by atoms with E-state index in [-0.39, 0.29) is 5.25 Å². The van der Waals surface area contributed by atoms with E-state index in [1.54, 1.807) is 0 Å². The van der Waals surface area contributed by atoms with E-state index in [1.165, 1.54) is 0 Å². The molecule has 0 spiro atoms. The van der Waals surface area contributed by atoms with E-state index in [0.29, 0.717) is 12.2 Å². The maximum atomic E-state index is 11.1. The molecule has 0 aliphatic heterocycles. The quantitative estimate of drug-likeness (QED) is 0.623. The van der Waals surface area contributed by atoms with E-state index in [2.05, 4.69) is 0 Å². The summed E-state index contributed by atoms with van der Waals surface area (Å²) in [5.74, 6) is 0.533. The molecule has 3 heteroatoms. The first-order valence-corrected chi connectivity index (χ1v) is 4.84. The van der Waals surface area contributed by atoms with Crippen LogP contribution in [0, 0.1) is 11.3 Å². The van der Waals surface area contributed by atoms with Gasteiger partial charge in [-0.15, -0.1) is 0 Å². The molecular weight excluding hydrogens is 146 g/mol. The highest BCUT2D eigenvalue weighted by molar-refractivity contribution is 7.85. The van der Waals surface area contributed by atoms with Gasteiger partial charge in [0.15, 0.2) is 0 Å². The van der Waals surface area contributed by atoms with Gasteiger partial charge >= 0.3 is 0 Å². The average Bonchev–Trinajstić information content (AvgIpc) is 1.98. The average molecular weight is 159 g/mol. The first kappa shape index (κ1) is 9.64. The Balaban J connectivity index is 3.54. The number of hydrogen-bond acceptors (Lipinski definition) is 2. The van der Waals surface area contributed by atoms with Gasteiger partial charge in [-0.25, -0.2) is 0 Å². The minimum atomic E-state index is -0.787. The summed E-state index contributed by atoms with van der Waals surface area (Å²) >= 11 is 0. The summed E-state index contributed by atoms with van der Waals surface area (Å²) in [5, 5.41) is 8.43. The Morgan fingerprint density at radius 2 is 2.30 bits per heavy atom. The SMILES string of the molecule is CCC(C)S(=O)CCC#N. The molecule has 2 atom stereocenters. The standard InChI is InChI=1S/C7H13NOS/c1-3-7(2)10(9)6-4-5-8/h7H,3-4,6H2,1-2H3. The highest BCUT2D eigenvalue weighted by atomic mass is 32.2. The first-order valence-electron chi connectivity index (χ1n) is 3.46. The van der Waals surface area contributed by atoms with Gasteiger partial charge in [0.05, 0.1) is 6.07 Å². The molecule has 0 heterocycles. The van der Waals surface area contributed by atoms with Crippen molar-refractivity contribution in [3.05, 3.63) is 0 Å². The normalized spacial score (nSPS) is 15.7. The fourth-order valence-electron chi connectivity index (χ4n) is 0.533. The third-order valence-corrected chi connectivity index (χ3v) is 3.28. The molecule has 10 heavy (non-hydrogen) atoms. The van der Waals surface area contributed by atoms with Crippen LogP contribution < -0.4 is 0 Å². The molecule has 2 unspecified atom stereocenters. The number of nitriles is 1. The number of hydrogen-bond donors (Lipinski definition) is 0. The summed E-state index contributed by atoms with van der Waals surface area (Å²) in [6.45, 7) is 3.96. The van der Waals surface area contributed by atoms with Gasteiger partial charge in [-0.05, 0) is 6.42 Å². The summed E-state index contributed by atoms with van der Waals surface area (Å²) in [6, 6.07) is 1.98. The van der Waals surface area contributed by atoms with Crippen molar-refractivity contribution >= 4 is 10.8 Å². The predicted molar refractivity (Wildman–Crippen MR) is 43.0 cm³/mol. The Morgan fingerprint density at radius 3 is 2.70 bits per heavy atom. The van der Waals surface area contributed by atoms with Crippen molar-refractivity contribution in [3.8, 4) is 6.07 Å². The Bertz CT molecular complexity index is 150. The highest BCUT2D eigenvalue weighted by Gasteiger charge is 2.06. The molecule has 0 N–H and O–H groups in total. The van der Waals surface area contributed by atoms with Crippen LogP contribution in [0.1, 0.15) is 26.7 Å². The van der Waals surface area contributed by atoms with Gasteiger partial charge in [0.1, 0.15) is 0 Å². The van der Waals surface area contributed by atoms with Crippen LogP contribution in [0.15, 0.2) is 0 Å². The minimum Gasteiger partial charge on any atom is -0.259 e. The molecule has 0 radical (unpaired) electrons. The molecular formula is C7H13NOS. The zero-order chi connectivity index (χ0) is 7.98. The second-order valence-corrected chi connectivity index (χ2v) is 4.19. The maximum absolute atomic E-state index is 11.1. The molecule has 0 aromatic carbocycles. The fraction of sp³-hybridized carbons (Fsp3) is 0.857. The Morgan fingerprint density at radius 1 is 1.70 bits per heavy atom. The summed E-state index contributed by atoms with van der Waals surface area (Å²) in [5.41, 5.74) is 0. The van der Waals surface area contributed by atoms with Crippen LogP contribution in [0.3, 0.4) is 0 Å². The molecule has 0 aromatic heterocycles. The van der Waals surface area contributed by atoms with Crippen LogP contribution >= 0.6 is 0 Å². The van der Waals surface area contributed by atoms with Gasteiger partial charge in [-0.3, -0.25) is 4.21 Å². The van der Waals surface area contributed by atoms with Gasteiger partial charge in [0.2, 0.25) is 0 Å². The molecule has 0 amide bonds. The largest absolute Gasteiger partial charge is 0.259 e. The van der Waals surface area contributed by atoms with Crippen LogP contribution in [0.5, 0.6) is 0 Å². The molecule has 0 aliphatic carbocycles. The minimum absolute atomic E-state index is 0.244. The third-order valence-electron chi connectivity index (χ3n) is 1.44. The van der Waals surface area contributed by atoms with Crippen molar-refractivity contribution in [2.24, 2.45) is 0 Å². The summed E-state index contributed by atoms with van der Waals surface area (Å²) in [4.78, 5) is 0. The van der Waals surface area contributed by atoms with E-state index < -0.39 is 10.8 Å². The molecule has 0 aromatic rings. The topological polar surface area (TPSA) is 40.9 Å². The van der Waals surface area contributed by atoms with E-state index in [4.69, 9.17) is 5.26 Å². The van der Waals surface area contributed by atoms with Crippen LogP contribution in [0.2, 0.25) is 0 Å². The molecule has 0 aliphatic rings. The lowest BCUT2D eigenvalue weighted by Crippen LogP contribution is -2.12. The molecule has 58 valence electrons.